The van der Waals surface area contributed by atoms with Crippen LogP contribution in [-0.2, 0) is 0 Å². The molecule has 1 aromatic carbocycles. The lowest BCUT2D eigenvalue weighted by atomic mass is 10.00. The zero-order valence-electron chi connectivity index (χ0n) is 13.8. The topological polar surface area (TPSA) is 42.0 Å². The van der Waals surface area contributed by atoms with Gasteiger partial charge in [0.05, 0.1) is 0 Å². The van der Waals surface area contributed by atoms with Crippen LogP contribution in [0.3, 0.4) is 0 Å². The van der Waals surface area contributed by atoms with Gasteiger partial charge in [0.2, 0.25) is 0 Å². The third-order valence-electron chi connectivity index (χ3n) is 3.90. The molecule has 2 aromatic rings. The summed E-state index contributed by atoms with van der Waals surface area (Å²) in [5, 5.41) is 2.96. The monoisotopic (exact) mass is 296 g/mol. The Kier molecular flexibility index (Phi) is 5.31. The van der Waals surface area contributed by atoms with E-state index in [9.17, 15) is 4.79 Å². The van der Waals surface area contributed by atoms with Crippen LogP contribution in [0, 0.1) is 6.92 Å². The van der Waals surface area contributed by atoms with Crippen molar-refractivity contribution < 1.29 is 4.79 Å². The second kappa shape index (κ2) is 7.21. The van der Waals surface area contributed by atoms with Gasteiger partial charge in [-0.1, -0.05) is 56.7 Å². The SMILES string of the molecule is Cc1ccc(C(C)CNC(=O)c2ccc(C(C)C)cn2)cc1. The number of carbonyl (C=O) groups excluding carboxylic acids is 1. The second-order valence-corrected chi connectivity index (χ2v) is 6.15. The summed E-state index contributed by atoms with van der Waals surface area (Å²) in [5.74, 6) is 0.583. The minimum atomic E-state index is -0.116. The van der Waals surface area contributed by atoms with Crippen molar-refractivity contribution in [3.63, 3.8) is 0 Å². The smallest absolute Gasteiger partial charge is 0.269 e. The van der Waals surface area contributed by atoms with Crippen LogP contribution in [0.25, 0.3) is 0 Å². The average molecular weight is 296 g/mol. The van der Waals surface area contributed by atoms with Gasteiger partial charge in [0.25, 0.3) is 5.91 Å². The van der Waals surface area contributed by atoms with E-state index in [1.165, 1.54) is 11.1 Å². The Hall–Kier alpha value is -2.16. The fourth-order valence-electron chi connectivity index (χ4n) is 2.23. The molecule has 0 saturated heterocycles. The van der Waals surface area contributed by atoms with E-state index < -0.39 is 0 Å². The number of hydrogen-bond acceptors (Lipinski definition) is 2. The summed E-state index contributed by atoms with van der Waals surface area (Å²) in [6, 6.07) is 12.2. The average Bonchev–Trinajstić information content (AvgIpc) is 2.53. The molecule has 1 unspecified atom stereocenters. The first-order valence-electron chi connectivity index (χ1n) is 7.78. The highest BCUT2D eigenvalue weighted by Crippen LogP contribution is 2.15. The van der Waals surface area contributed by atoms with Crippen LogP contribution in [0.2, 0.25) is 0 Å². The first kappa shape index (κ1) is 16.2. The number of benzene rings is 1. The molecule has 0 fully saturated rings. The van der Waals surface area contributed by atoms with E-state index in [0.717, 1.165) is 5.56 Å². The van der Waals surface area contributed by atoms with Gasteiger partial charge >= 0.3 is 0 Å². The number of carbonyl (C=O) groups is 1. The Morgan fingerprint density at radius 2 is 1.68 bits per heavy atom. The van der Waals surface area contributed by atoms with Crippen molar-refractivity contribution in [3.8, 4) is 0 Å². The molecule has 3 heteroatoms. The van der Waals surface area contributed by atoms with Crippen molar-refractivity contribution in [2.24, 2.45) is 0 Å². The van der Waals surface area contributed by atoms with Crippen LogP contribution in [0.5, 0.6) is 0 Å². The van der Waals surface area contributed by atoms with E-state index in [0.29, 0.717) is 18.2 Å². The predicted molar refractivity (Wildman–Crippen MR) is 90.3 cm³/mol. The van der Waals surface area contributed by atoms with Gasteiger partial charge in [-0.15, -0.1) is 0 Å². The van der Waals surface area contributed by atoms with Crippen LogP contribution in [-0.4, -0.2) is 17.4 Å². The van der Waals surface area contributed by atoms with E-state index in [1.807, 2.05) is 6.07 Å². The molecule has 116 valence electrons. The van der Waals surface area contributed by atoms with Crippen LogP contribution >= 0.6 is 0 Å². The third-order valence-corrected chi connectivity index (χ3v) is 3.90. The molecule has 0 aliphatic heterocycles. The van der Waals surface area contributed by atoms with E-state index in [1.54, 1.807) is 12.3 Å². The largest absolute Gasteiger partial charge is 0.350 e. The van der Waals surface area contributed by atoms with Crippen molar-refractivity contribution in [2.75, 3.05) is 6.54 Å². The summed E-state index contributed by atoms with van der Waals surface area (Å²) in [4.78, 5) is 16.4. The van der Waals surface area contributed by atoms with E-state index in [-0.39, 0.29) is 11.8 Å². The number of rotatable bonds is 5. The standard InChI is InChI=1S/C19H24N2O/c1-13(2)17-9-10-18(20-12-17)19(22)21-11-15(4)16-7-5-14(3)6-8-16/h5-10,12-13,15H,11H2,1-4H3,(H,21,22). The molecule has 0 spiro atoms. The lowest BCUT2D eigenvalue weighted by Crippen LogP contribution is -2.28. The fraction of sp³-hybridized carbons (Fsp3) is 0.368. The van der Waals surface area contributed by atoms with E-state index >= 15 is 0 Å². The molecule has 1 atom stereocenters. The quantitative estimate of drug-likeness (QED) is 0.904. The normalized spacial score (nSPS) is 12.2. The van der Waals surface area contributed by atoms with Crippen molar-refractivity contribution in [3.05, 3.63) is 65.0 Å². The van der Waals surface area contributed by atoms with Crippen molar-refractivity contribution in [1.29, 1.82) is 0 Å². The van der Waals surface area contributed by atoms with E-state index in [4.69, 9.17) is 0 Å². The van der Waals surface area contributed by atoms with Gasteiger partial charge in [0.15, 0.2) is 0 Å². The lowest BCUT2D eigenvalue weighted by Gasteiger charge is -2.13. The molecule has 22 heavy (non-hydrogen) atoms. The number of aryl methyl sites for hydroxylation is 1. The van der Waals surface area contributed by atoms with E-state index in [2.05, 4.69) is 62.3 Å². The highest BCUT2D eigenvalue weighted by Gasteiger charge is 2.11. The first-order valence-corrected chi connectivity index (χ1v) is 7.78. The zero-order valence-corrected chi connectivity index (χ0v) is 13.8. The molecular formula is C19H24N2O. The van der Waals surface area contributed by atoms with Gasteiger partial charge in [-0.3, -0.25) is 9.78 Å². The molecule has 1 aromatic heterocycles. The van der Waals surface area contributed by atoms with Crippen molar-refractivity contribution >= 4 is 5.91 Å². The zero-order chi connectivity index (χ0) is 16.1. The number of aromatic nitrogens is 1. The maximum Gasteiger partial charge on any atom is 0.269 e. The second-order valence-electron chi connectivity index (χ2n) is 6.15. The minimum absolute atomic E-state index is 0.116. The number of nitrogens with zero attached hydrogens (tertiary/aromatic N) is 1. The minimum Gasteiger partial charge on any atom is -0.350 e. The summed E-state index contributed by atoms with van der Waals surface area (Å²) in [5.41, 5.74) is 4.09. The third kappa shape index (κ3) is 4.17. The van der Waals surface area contributed by atoms with Crippen LogP contribution in [0.15, 0.2) is 42.6 Å². The van der Waals surface area contributed by atoms with Gasteiger partial charge in [0, 0.05) is 12.7 Å². The molecule has 2 rings (SSSR count). The maximum absolute atomic E-state index is 12.1. The summed E-state index contributed by atoms with van der Waals surface area (Å²) in [6.07, 6.45) is 1.78. The van der Waals surface area contributed by atoms with Gasteiger partial charge in [-0.2, -0.15) is 0 Å². The van der Waals surface area contributed by atoms with Gasteiger partial charge in [-0.25, -0.2) is 0 Å². The molecule has 1 amide bonds. The molecule has 0 radical (unpaired) electrons. The summed E-state index contributed by atoms with van der Waals surface area (Å²) < 4.78 is 0. The van der Waals surface area contributed by atoms with Crippen LogP contribution in [0.1, 0.15) is 59.8 Å². The summed E-state index contributed by atoms with van der Waals surface area (Å²) >= 11 is 0. The molecule has 0 saturated carbocycles. The molecule has 1 heterocycles. The van der Waals surface area contributed by atoms with Crippen molar-refractivity contribution in [1.82, 2.24) is 10.3 Å². The number of nitrogens with one attached hydrogen (secondary N) is 1. The van der Waals surface area contributed by atoms with Crippen LogP contribution in [0.4, 0.5) is 0 Å². The molecular weight excluding hydrogens is 272 g/mol. The summed E-state index contributed by atoms with van der Waals surface area (Å²) in [6.45, 7) is 9.01. The predicted octanol–water partition coefficient (Wildman–Crippen LogP) is 4.05. The Balaban J connectivity index is 1.93. The first-order chi connectivity index (χ1) is 10.5. The number of amides is 1. The van der Waals surface area contributed by atoms with Crippen molar-refractivity contribution in [2.45, 2.75) is 39.5 Å². The summed E-state index contributed by atoms with van der Waals surface area (Å²) in [7, 11) is 0. The number of pyridine rings is 1. The molecule has 1 N–H and O–H groups in total. The van der Waals surface area contributed by atoms with Gasteiger partial charge < -0.3 is 5.32 Å². The van der Waals surface area contributed by atoms with Gasteiger partial charge in [0.1, 0.15) is 5.69 Å². The highest BCUT2D eigenvalue weighted by molar-refractivity contribution is 5.92. The Labute approximate surface area is 132 Å². The van der Waals surface area contributed by atoms with Crippen LogP contribution < -0.4 is 5.32 Å². The Bertz CT molecular complexity index is 615. The Morgan fingerprint density at radius 3 is 2.23 bits per heavy atom. The molecule has 0 aliphatic rings. The number of hydrogen-bond donors (Lipinski definition) is 1. The Morgan fingerprint density at radius 1 is 1.05 bits per heavy atom. The molecule has 0 aliphatic carbocycles. The molecule has 3 nitrogen and oxygen atoms in total. The maximum atomic E-state index is 12.1. The lowest BCUT2D eigenvalue weighted by molar-refractivity contribution is 0.0946. The fourth-order valence-corrected chi connectivity index (χ4v) is 2.23. The molecule has 0 bridgehead atoms. The van der Waals surface area contributed by atoms with Gasteiger partial charge in [-0.05, 0) is 36.0 Å². The highest BCUT2D eigenvalue weighted by atomic mass is 16.1.